The summed E-state index contributed by atoms with van der Waals surface area (Å²) in [6.07, 6.45) is -4.87. The van der Waals surface area contributed by atoms with E-state index in [9.17, 15) is 27.9 Å². The quantitative estimate of drug-likeness (QED) is 0.327. The van der Waals surface area contributed by atoms with Gasteiger partial charge in [-0.1, -0.05) is 18.2 Å². The molecule has 2 aromatic rings. The second-order valence-electron chi connectivity index (χ2n) is 8.86. The van der Waals surface area contributed by atoms with Crippen molar-refractivity contribution in [3.63, 3.8) is 0 Å². The number of carbonyl (C=O) groups is 2. The van der Waals surface area contributed by atoms with Crippen LogP contribution in [0.15, 0.2) is 48.5 Å². The molecule has 1 fully saturated rings. The Morgan fingerprint density at radius 3 is 2.35 bits per heavy atom. The zero-order valence-corrected chi connectivity index (χ0v) is 20.6. The van der Waals surface area contributed by atoms with E-state index < -0.39 is 35.6 Å². The molecule has 0 radical (unpaired) electrons. The lowest BCUT2D eigenvalue weighted by Gasteiger charge is -2.38. The van der Waals surface area contributed by atoms with Crippen LogP contribution >= 0.6 is 0 Å². The molecular weight excluding hydrogens is 491 g/mol. The van der Waals surface area contributed by atoms with Crippen LogP contribution in [0.4, 0.5) is 18.9 Å². The molecule has 0 bridgehead atoms. The van der Waals surface area contributed by atoms with Gasteiger partial charge in [0.15, 0.2) is 0 Å². The third-order valence-corrected chi connectivity index (χ3v) is 6.42. The third kappa shape index (κ3) is 7.59. The van der Waals surface area contributed by atoms with E-state index in [2.05, 4.69) is 0 Å². The molecule has 1 heterocycles. The number of hydrogen-bond acceptors (Lipinski definition) is 6. The molecule has 0 spiro atoms. The number of hydrogen-bond donors (Lipinski definition) is 3. The summed E-state index contributed by atoms with van der Waals surface area (Å²) < 4.78 is 44.6. The van der Waals surface area contributed by atoms with Crippen LogP contribution in [0.1, 0.15) is 30.9 Å². The van der Waals surface area contributed by atoms with Crippen molar-refractivity contribution in [1.82, 2.24) is 10.4 Å². The van der Waals surface area contributed by atoms with E-state index in [0.29, 0.717) is 38.2 Å². The molecule has 2 unspecified atom stereocenters. The highest BCUT2D eigenvalue weighted by Crippen LogP contribution is 2.32. The van der Waals surface area contributed by atoms with Gasteiger partial charge in [-0.2, -0.15) is 13.2 Å². The Bertz CT molecular complexity index is 1040. The molecule has 1 aliphatic rings. The first kappa shape index (κ1) is 28.3. The largest absolute Gasteiger partial charge is 0.494 e. The Hall–Kier alpha value is -3.31. The molecule has 2 aromatic carbocycles. The number of benzene rings is 2. The van der Waals surface area contributed by atoms with Crippen molar-refractivity contribution in [1.29, 1.82) is 0 Å². The summed E-state index contributed by atoms with van der Waals surface area (Å²) in [5.74, 6) is -1.83. The summed E-state index contributed by atoms with van der Waals surface area (Å²) in [7, 11) is 0. The van der Waals surface area contributed by atoms with Crippen LogP contribution < -0.4 is 15.1 Å². The maximum atomic E-state index is 13.3. The van der Waals surface area contributed by atoms with Gasteiger partial charge in [0.2, 0.25) is 5.91 Å². The molecule has 0 aromatic heterocycles. The number of hydroxylamine groups is 1. The smallest absolute Gasteiger partial charge is 0.416 e. The first-order valence-corrected chi connectivity index (χ1v) is 12.2. The van der Waals surface area contributed by atoms with Crippen molar-refractivity contribution in [2.45, 2.75) is 38.5 Å². The Morgan fingerprint density at radius 1 is 1.08 bits per heavy atom. The highest BCUT2D eigenvalue weighted by molar-refractivity contribution is 5.88. The van der Waals surface area contributed by atoms with E-state index in [-0.39, 0.29) is 19.5 Å². The number of aliphatic hydroxyl groups excluding tert-OH is 1. The number of aryl methyl sites for hydroxylation is 1. The summed E-state index contributed by atoms with van der Waals surface area (Å²) in [6, 6.07) is 12.5. The van der Waals surface area contributed by atoms with Gasteiger partial charge >= 0.3 is 6.18 Å². The molecule has 202 valence electrons. The first-order chi connectivity index (χ1) is 17.6. The predicted octanol–water partition coefficient (Wildman–Crippen LogP) is 3.26. The van der Waals surface area contributed by atoms with Crippen molar-refractivity contribution in [3.05, 3.63) is 59.7 Å². The molecule has 37 heavy (non-hydrogen) atoms. The number of rotatable bonds is 10. The van der Waals surface area contributed by atoms with E-state index in [4.69, 9.17) is 9.94 Å². The van der Waals surface area contributed by atoms with Gasteiger partial charge in [0.1, 0.15) is 11.9 Å². The molecule has 3 rings (SSSR count). The molecule has 0 aliphatic carbocycles. The third-order valence-electron chi connectivity index (χ3n) is 6.42. The Kier molecular flexibility index (Phi) is 9.76. The Morgan fingerprint density at radius 2 is 1.76 bits per heavy atom. The standard InChI is InChI=1S/C26H32F3N3O5/c1-2-37-21-11-9-18(10-12-21)5-3-8-22(23(33)24(34)30-36)25(35)32-15-13-31(14-16-32)20-7-4-6-19(17-20)26(27,28)29/h4,6-7,9-12,17,22-23,33,36H,2-3,5,8,13-16H2,1H3,(H,30,34). The lowest BCUT2D eigenvalue weighted by atomic mass is 9.92. The second kappa shape index (κ2) is 12.8. The Labute approximate surface area is 213 Å². The van der Waals surface area contributed by atoms with Gasteiger partial charge in [-0.3, -0.25) is 14.8 Å². The van der Waals surface area contributed by atoms with Crippen molar-refractivity contribution in [3.8, 4) is 5.75 Å². The highest BCUT2D eigenvalue weighted by atomic mass is 19.4. The fraction of sp³-hybridized carbons (Fsp3) is 0.462. The molecule has 3 N–H and O–H groups in total. The van der Waals surface area contributed by atoms with Crippen LogP contribution in [-0.2, 0) is 22.2 Å². The van der Waals surface area contributed by atoms with Crippen LogP contribution in [0, 0.1) is 5.92 Å². The lowest BCUT2D eigenvalue weighted by Crippen LogP contribution is -2.53. The number of aliphatic hydroxyl groups is 1. The minimum absolute atomic E-state index is 0.203. The van der Waals surface area contributed by atoms with Crippen molar-refractivity contribution < 1.29 is 37.8 Å². The molecule has 8 nitrogen and oxygen atoms in total. The van der Waals surface area contributed by atoms with Gasteiger partial charge in [-0.25, -0.2) is 5.48 Å². The number of nitrogens with one attached hydrogen (secondary N) is 1. The van der Waals surface area contributed by atoms with Gasteiger partial charge < -0.3 is 19.6 Å². The van der Waals surface area contributed by atoms with Crippen LogP contribution in [0.3, 0.4) is 0 Å². The summed E-state index contributed by atoms with van der Waals surface area (Å²) >= 11 is 0. The monoisotopic (exact) mass is 523 g/mol. The van der Waals surface area contributed by atoms with Crippen molar-refractivity contribution in [2.24, 2.45) is 5.92 Å². The molecule has 2 atom stereocenters. The number of alkyl halides is 3. The maximum absolute atomic E-state index is 13.3. The summed E-state index contributed by atoms with van der Waals surface area (Å²) in [5, 5.41) is 19.4. The number of nitrogens with zero attached hydrogens (tertiary/aromatic N) is 2. The summed E-state index contributed by atoms with van der Waals surface area (Å²) in [6.45, 7) is 3.49. The summed E-state index contributed by atoms with van der Waals surface area (Å²) in [4.78, 5) is 28.5. The molecule has 2 amide bonds. The Balaban J connectivity index is 1.61. The van der Waals surface area contributed by atoms with Gasteiger partial charge in [-0.05, 0) is 62.1 Å². The predicted molar refractivity (Wildman–Crippen MR) is 130 cm³/mol. The minimum Gasteiger partial charge on any atom is -0.494 e. The number of anilines is 1. The normalized spacial score (nSPS) is 15.7. The maximum Gasteiger partial charge on any atom is 0.416 e. The fourth-order valence-electron chi connectivity index (χ4n) is 4.41. The SMILES string of the molecule is CCOc1ccc(CCCC(C(=O)N2CCN(c3cccc(C(F)(F)F)c3)CC2)C(O)C(=O)NO)cc1. The second-order valence-corrected chi connectivity index (χ2v) is 8.86. The van der Waals surface area contributed by atoms with E-state index >= 15 is 0 Å². The van der Waals surface area contributed by atoms with Crippen molar-refractivity contribution >= 4 is 17.5 Å². The number of carbonyl (C=O) groups excluding carboxylic acids is 2. The van der Waals surface area contributed by atoms with Crippen molar-refractivity contribution in [2.75, 3.05) is 37.7 Å². The van der Waals surface area contributed by atoms with Crippen LogP contribution in [-0.4, -0.2) is 65.9 Å². The number of halogens is 3. The van der Waals surface area contributed by atoms with Gasteiger partial charge in [0.25, 0.3) is 5.91 Å². The topological polar surface area (TPSA) is 102 Å². The lowest BCUT2D eigenvalue weighted by molar-refractivity contribution is -0.150. The average molecular weight is 524 g/mol. The number of amides is 2. The highest BCUT2D eigenvalue weighted by Gasteiger charge is 2.36. The average Bonchev–Trinajstić information content (AvgIpc) is 2.90. The van der Waals surface area contributed by atoms with E-state index in [1.807, 2.05) is 31.2 Å². The molecule has 0 saturated carbocycles. The van der Waals surface area contributed by atoms with Gasteiger partial charge in [-0.15, -0.1) is 0 Å². The molecular formula is C26H32F3N3O5. The van der Waals surface area contributed by atoms with E-state index in [1.165, 1.54) is 16.4 Å². The van der Waals surface area contributed by atoms with E-state index in [1.54, 1.807) is 11.0 Å². The zero-order chi connectivity index (χ0) is 27.0. The molecule has 1 saturated heterocycles. The molecule has 1 aliphatic heterocycles. The molecule has 11 heteroatoms. The fourth-order valence-corrected chi connectivity index (χ4v) is 4.41. The zero-order valence-electron chi connectivity index (χ0n) is 20.6. The van der Waals surface area contributed by atoms with E-state index in [0.717, 1.165) is 23.4 Å². The van der Waals surface area contributed by atoms with Crippen LogP contribution in [0.2, 0.25) is 0 Å². The minimum atomic E-state index is -4.45. The van der Waals surface area contributed by atoms with Crippen LogP contribution in [0.5, 0.6) is 5.75 Å². The van der Waals surface area contributed by atoms with Gasteiger partial charge in [0, 0.05) is 31.9 Å². The summed E-state index contributed by atoms with van der Waals surface area (Å²) in [5.41, 5.74) is 2.08. The number of ether oxygens (including phenoxy) is 1. The van der Waals surface area contributed by atoms with Crippen LogP contribution in [0.25, 0.3) is 0 Å². The first-order valence-electron chi connectivity index (χ1n) is 12.2. The van der Waals surface area contributed by atoms with Gasteiger partial charge in [0.05, 0.1) is 18.1 Å². The number of piperazine rings is 1.